The lowest BCUT2D eigenvalue weighted by Crippen LogP contribution is -2.84. The van der Waals surface area contributed by atoms with Crippen LogP contribution in [-0.2, 0) is 17.8 Å². The monoisotopic (exact) mass is 346 g/mol. The van der Waals surface area contributed by atoms with Crippen LogP contribution in [0.4, 0.5) is 9.52 Å². The van der Waals surface area contributed by atoms with Gasteiger partial charge in [0.1, 0.15) is 12.4 Å². The molecule has 124 valence electrons. The number of benzene rings is 1. The fourth-order valence-electron chi connectivity index (χ4n) is 2.20. The fraction of sp³-hybridized carbons (Fsp3) is 0.176. The maximum absolute atomic E-state index is 12.9. The summed E-state index contributed by atoms with van der Waals surface area (Å²) in [6.07, 6.45) is 4.01. The number of halogens is 1. The van der Waals surface area contributed by atoms with Gasteiger partial charge >= 0.3 is 0 Å². The number of carbonyl (C=O) groups is 1. The van der Waals surface area contributed by atoms with Gasteiger partial charge in [-0.25, -0.2) is 9.37 Å². The predicted molar refractivity (Wildman–Crippen MR) is 89.2 cm³/mol. The minimum Gasteiger partial charge on any atom is -0.463 e. The number of nitrogens with two attached hydrogens (primary N) is 1. The van der Waals surface area contributed by atoms with Crippen LogP contribution in [0.2, 0.25) is 0 Å². The van der Waals surface area contributed by atoms with Gasteiger partial charge in [0.25, 0.3) is 5.91 Å². The Morgan fingerprint density at radius 2 is 2.12 bits per heavy atom. The molecule has 2 aromatic heterocycles. The highest BCUT2D eigenvalue weighted by atomic mass is 32.1. The molecule has 5 nitrogen and oxygen atoms in total. The van der Waals surface area contributed by atoms with Gasteiger partial charge in [0.05, 0.1) is 6.26 Å². The van der Waals surface area contributed by atoms with E-state index in [1.165, 1.54) is 23.5 Å². The molecule has 0 aliphatic carbocycles. The summed E-state index contributed by atoms with van der Waals surface area (Å²) in [5.41, 5.74) is 1.00. The molecule has 3 N–H and O–H groups in total. The molecular weight excluding hydrogens is 329 g/mol. The molecule has 0 saturated carbocycles. The minimum absolute atomic E-state index is 0.107. The molecule has 3 rings (SSSR count). The SMILES string of the molecule is O=C(C[NH2+]Cc1ccco1)Nc1ncc(Cc2ccc(F)cc2)s1. The molecule has 7 heteroatoms. The smallest absolute Gasteiger partial charge is 0.281 e. The Balaban J connectivity index is 1.46. The first-order valence-electron chi connectivity index (χ1n) is 7.52. The van der Waals surface area contributed by atoms with Crippen LogP contribution in [-0.4, -0.2) is 17.4 Å². The van der Waals surface area contributed by atoms with Crippen LogP contribution in [0.15, 0.2) is 53.3 Å². The summed E-state index contributed by atoms with van der Waals surface area (Å²) < 4.78 is 18.1. The Morgan fingerprint density at radius 1 is 1.29 bits per heavy atom. The highest BCUT2D eigenvalue weighted by molar-refractivity contribution is 7.15. The van der Waals surface area contributed by atoms with Crippen molar-refractivity contribution in [1.82, 2.24) is 4.98 Å². The quantitative estimate of drug-likeness (QED) is 0.689. The first kappa shape index (κ1) is 16.4. The van der Waals surface area contributed by atoms with E-state index >= 15 is 0 Å². The summed E-state index contributed by atoms with van der Waals surface area (Å²) in [5.74, 6) is 0.477. The molecule has 0 bridgehead atoms. The number of aromatic nitrogens is 1. The van der Waals surface area contributed by atoms with Crippen molar-refractivity contribution < 1.29 is 18.9 Å². The molecule has 0 unspecified atom stereocenters. The average molecular weight is 346 g/mol. The number of hydrogen-bond donors (Lipinski definition) is 2. The van der Waals surface area contributed by atoms with Gasteiger partial charge in [-0.3, -0.25) is 10.1 Å². The summed E-state index contributed by atoms with van der Waals surface area (Å²) in [6, 6.07) is 10.1. The van der Waals surface area contributed by atoms with Crippen LogP contribution in [0.1, 0.15) is 16.2 Å². The van der Waals surface area contributed by atoms with E-state index in [2.05, 4.69) is 10.3 Å². The summed E-state index contributed by atoms with van der Waals surface area (Å²) in [4.78, 5) is 17.1. The van der Waals surface area contributed by atoms with E-state index in [4.69, 9.17) is 4.42 Å². The standard InChI is InChI=1S/C17H16FN3O2S/c18-13-5-3-12(4-6-13)8-15-10-20-17(24-15)21-16(22)11-19-9-14-2-1-7-23-14/h1-7,10,19H,8-9,11H2,(H,20,21,22)/p+1. The van der Waals surface area contributed by atoms with E-state index in [9.17, 15) is 9.18 Å². The van der Waals surface area contributed by atoms with E-state index in [-0.39, 0.29) is 11.7 Å². The van der Waals surface area contributed by atoms with Gasteiger partial charge in [-0.15, -0.1) is 11.3 Å². The number of carbonyl (C=O) groups excluding carboxylic acids is 1. The number of rotatable bonds is 7. The van der Waals surface area contributed by atoms with Crippen molar-refractivity contribution >= 4 is 22.4 Å². The zero-order chi connectivity index (χ0) is 16.8. The number of thiazole rings is 1. The summed E-state index contributed by atoms with van der Waals surface area (Å²) >= 11 is 1.42. The highest BCUT2D eigenvalue weighted by Crippen LogP contribution is 2.21. The number of quaternary nitrogens is 1. The lowest BCUT2D eigenvalue weighted by atomic mass is 10.1. The van der Waals surface area contributed by atoms with Gasteiger partial charge in [0, 0.05) is 17.5 Å². The Kier molecular flexibility index (Phi) is 5.35. The molecule has 3 aromatic rings. The maximum atomic E-state index is 12.9. The van der Waals surface area contributed by atoms with Crippen LogP contribution in [0, 0.1) is 5.82 Å². The lowest BCUT2D eigenvalue weighted by Gasteiger charge is -2.00. The second kappa shape index (κ2) is 7.85. The molecular formula is C17H17FN3O2S+. The summed E-state index contributed by atoms with van der Waals surface area (Å²) in [5, 5.41) is 5.22. The number of nitrogens with zero attached hydrogens (tertiary/aromatic N) is 1. The lowest BCUT2D eigenvalue weighted by molar-refractivity contribution is -0.661. The Hall–Kier alpha value is -2.51. The third-order valence-corrected chi connectivity index (χ3v) is 4.26. The van der Waals surface area contributed by atoms with Gasteiger partial charge < -0.3 is 9.73 Å². The molecule has 0 spiro atoms. The second-order valence-corrected chi connectivity index (χ2v) is 6.37. The van der Waals surface area contributed by atoms with Crippen LogP contribution >= 0.6 is 11.3 Å². The van der Waals surface area contributed by atoms with Gasteiger partial charge in [-0.1, -0.05) is 12.1 Å². The zero-order valence-corrected chi connectivity index (χ0v) is 13.7. The summed E-state index contributed by atoms with van der Waals surface area (Å²) in [7, 11) is 0. The van der Waals surface area contributed by atoms with Gasteiger partial charge in [-0.05, 0) is 29.8 Å². The highest BCUT2D eigenvalue weighted by Gasteiger charge is 2.09. The topological polar surface area (TPSA) is 71.7 Å². The minimum atomic E-state index is -0.248. The molecule has 0 aliphatic heterocycles. The normalized spacial score (nSPS) is 10.7. The van der Waals surface area contributed by atoms with E-state index in [0.717, 1.165) is 16.2 Å². The summed E-state index contributed by atoms with van der Waals surface area (Å²) in [6.45, 7) is 0.918. The van der Waals surface area contributed by atoms with Crippen molar-refractivity contribution in [3.05, 3.63) is 70.9 Å². The first-order chi connectivity index (χ1) is 11.7. The predicted octanol–water partition coefficient (Wildman–Crippen LogP) is 2.17. The molecule has 0 fully saturated rings. The third kappa shape index (κ3) is 4.74. The van der Waals surface area contributed by atoms with E-state index < -0.39 is 0 Å². The molecule has 24 heavy (non-hydrogen) atoms. The van der Waals surface area contributed by atoms with Crippen LogP contribution in [0.25, 0.3) is 0 Å². The van der Waals surface area contributed by atoms with Crippen LogP contribution in [0.5, 0.6) is 0 Å². The van der Waals surface area contributed by atoms with E-state index in [1.807, 2.05) is 17.4 Å². The van der Waals surface area contributed by atoms with E-state index in [1.54, 1.807) is 24.6 Å². The van der Waals surface area contributed by atoms with Crippen molar-refractivity contribution in [1.29, 1.82) is 0 Å². The van der Waals surface area contributed by atoms with Gasteiger partial charge in [0.15, 0.2) is 17.4 Å². The first-order valence-corrected chi connectivity index (χ1v) is 8.34. The molecule has 0 radical (unpaired) electrons. The second-order valence-electron chi connectivity index (χ2n) is 5.26. The van der Waals surface area contributed by atoms with Crippen LogP contribution < -0.4 is 10.6 Å². The Bertz CT molecular complexity index is 785. The molecule has 1 aromatic carbocycles. The van der Waals surface area contributed by atoms with Crippen molar-refractivity contribution in [2.24, 2.45) is 0 Å². The largest absolute Gasteiger partial charge is 0.463 e. The molecule has 0 saturated heterocycles. The molecule has 0 atom stereocenters. The van der Waals surface area contributed by atoms with Gasteiger partial charge in [-0.2, -0.15) is 0 Å². The van der Waals surface area contributed by atoms with Crippen LogP contribution in [0.3, 0.4) is 0 Å². The zero-order valence-electron chi connectivity index (χ0n) is 12.9. The Labute approximate surface area is 142 Å². The van der Waals surface area contributed by atoms with Crippen molar-refractivity contribution in [3.8, 4) is 0 Å². The Morgan fingerprint density at radius 3 is 2.88 bits per heavy atom. The van der Waals surface area contributed by atoms with Crippen molar-refractivity contribution in [3.63, 3.8) is 0 Å². The molecule has 2 heterocycles. The van der Waals surface area contributed by atoms with E-state index in [0.29, 0.717) is 24.6 Å². The van der Waals surface area contributed by atoms with Crippen molar-refractivity contribution in [2.75, 3.05) is 11.9 Å². The average Bonchev–Trinajstić information content (AvgIpc) is 3.22. The third-order valence-electron chi connectivity index (χ3n) is 3.35. The number of nitrogens with one attached hydrogen (secondary N) is 1. The fourth-order valence-corrected chi connectivity index (χ4v) is 3.06. The van der Waals surface area contributed by atoms with Crippen molar-refractivity contribution in [2.45, 2.75) is 13.0 Å². The molecule has 1 amide bonds. The number of hydrogen-bond acceptors (Lipinski definition) is 4. The maximum Gasteiger partial charge on any atom is 0.281 e. The number of anilines is 1. The van der Waals surface area contributed by atoms with Gasteiger partial charge in [0.2, 0.25) is 0 Å². The number of furan rings is 1. The molecule has 0 aliphatic rings. The number of amides is 1.